The molecule has 3 aromatic carbocycles. The lowest BCUT2D eigenvalue weighted by molar-refractivity contribution is 0.0664. The van der Waals surface area contributed by atoms with Gasteiger partial charge in [-0.05, 0) is 59.9 Å². The summed E-state index contributed by atoms with van der Waals surface area (Å²) >= 11 is 0. The zero-order valence-corrected chi connectivity index (χ0v) is 21.1. The van der Waals surface area contributed by atoms with Crippen molar-refractivity contribution in [2.24, 2.45) is 0 Å². The first-order chi connectivity index (χ1) is 18.1. The number of hydrogen-bond donors (Lipinski definition) is 1. The zero-order chi connectivity index (χ0) is 25.2. The number of ether oxygens (including phenoxy) is 1. The summed E-state index contributed by atoms with van der Waals surface area (Å²) < 4.78 is 6.39. The van der Waals surface area contributed by atoms with Gasteiger partial charge in [0.1, 0.15) is 11.9 Å². The number of urea groups is 1. The van der Waals surface area contributed by atoms with E-state index in [-0.39, 0.29) is 24.1 Å². The first kappa shape index (κ1) is 23.6. The topological polar surface area (TPSA) is 61.9 Å². The summed E-state index contributed by atoms with van der Waals surface area (Å²) in [6.07, 6.45) is 6.34. The average Bonchev–Trinajstić information content (AvgIpc) is 3.68. The van der Waals surface area contributed by atoms with E-state index in [4.69, 9.17) is 4.74 Å². The van der Waals surface area contributed by atoms with Crippen molar-refractivity contribution in [2.75, 3.05) is 18.0 Å². The van der Waals surface area contributed by atoms with Gasteiger partial charge in [0.25, 0.3) is 5.91 Å². The van der Waals surface area contributed by atoms with Crippen molar-refractivity contribution >= 4 is 17.6 Å². The molecule has 0 aromatic heterocycles. The van der Waals surface area contributed by atoms with Gasteiger partial charge in [-0.3, -0.25) is 9.69 Å². The lowest BCUT2D eigenvalue weighted by Crippen LogP contribution is -2.38. The fourth-order valence-corrected chi connectivity index (χ4v) is 5.98. The summed E-state index contributed by atoms with van der Waals surface area (Å²) in [7, 11) is 0. The van der Waals surface area contributed by atoms with Crippen molar-refractivity contribution < 1.29 is 14.3 Å². The van der Waals surface area contributed by atoms with Gasteiger partial charge in [-0.25, -0.2) is 4.79 Å². The lowest BCUT2D eigenvalue weighted by atomic mass is 10.1. The second kappa shape index (κ2) is 10.3. The third kappa shape index (κ3) is 5.06. The van der Waals surface area contributed by atoms with Crippen LogP contribution >= 0.6 is 0 Å². The van der Waals surface area contributed by atoms with E-state index in [0.717, 1.165) is 55.5 Å². The highest BCUT2D eigenvalue weighted by Crippen LogP contribution is 2.30. The number of carbonyl (C=O) groups is 2. The van der Waals surface area contributed by atoms with Crippen LogP contribution in [0.1, 0.15) is 52.7 Å². The molecule has 2 aliphatic carbocycles. The highest BCUT2D eigenvalue weighted by atomic mass is 16.5. The second-order valence-corrected chi connectivity index (χ2v) is 10.4. The van der Waals surface area contributed by atoms with E-state index in [1.165, 1.54) is 11.1 Å². The van der Waals surface area contributed by atoms with Gasteiger partial charge in [0.2, 0.25) is 0 Å². The molecule has 6 nitrogen and oxygen atoms in total. The summed E-state index contributed by atoms with van der Waals surface area (Å²) in [6.45, 7) is 1.78. The Morgan fingerprint density at radius 3 is 2.43 bits per heavy atom. The van der Waals surface area contributed by atoms with Gasteiger partial charge in [-0.15, -0.1) is 0 Å². The molecule has 3 amide bonds. The molecule has 2 fully saturated rings. The number of nitrogens with zero attached hydrogens (tertiary/aromatic N) is 2. The van der Waals surface area contributed by atoms with Crippen LogP contribution < -0.4 is 15.0 Å². The van der Waals surface area contributed by atoms with E-state index in [0.29, 0.717) is 25.2 Å². The minimum atomic E-state index is -0.112. The van der Waals surface area contributed by atoms with Crippen molar-refractivity contribution in [1.29, 1.82) is 0 Å². The molecule has 0 unspecified atom stereocenters. The van der Waals surface area contributed by atoms with Crippen molar-refractivity contribution in [3.63, 3.8) is 0 Å². The lowest BCUT2D eigenvalue weighted by Gasteiger charge is -2.30. The minimum Gasteiger partial charge on any atom is -0.490 e. The molecule has 1 saturated heterocycles. The van der Waals surface area contributed by atoms with Gasteiger partial charge in [-0.2, -0.15) is 0 Å². The summed E-state index contributed by atoms with van der Waals surface area (Å²) in [4.78, 5) is 29.7. The van der Waals surface area contributed by atoms with Crippen molar-refractivity contribution in [3.8, 4) is 5.75 Å². The van der Waals surface area contributed by atoms with Crippen LogP contribution in [0.25, 0.3) is 0 Å². The molecule has 3 aliphatic rings. The third-order valence-electron chi connectivity index (χ3n) is 7.86. The van der Waals surface area contributed by atoms with Gasteiger partial charge in [0, 0.05) is 49.8 Å². The Morgan fingerprint density at radius 2 is 1.70 bits per heavy atom. The number of anilines is 1. The smallest absolute Gasteiger partial charge is 0.321 e. The monoisotopic (exact) mass is 495 g/mol. The Balaban J connectivity index is 1.20. The van der Waals surface area contributed by atoms with Crippen molar-refractivity contribution in [2.45, 2.75) is 57.2 Å². The van der Waals surface area contributed by atoms with Crippen LogP contribution in [0, 0.1) is 0 Å². The zero-order valence-electron chi connectivity index (χ0n) is 21.1. The quantitative estimate of drug-likeness (QED) is 0.481. The van der Waals surface area contributed by atoms with E-state index in [2.05, 4.69) is 41.7 Å². The molecule has 0 bridgehead atoms. The van der Waals surface area contributed by atoms with E-state index in [1.807, 2.05) is 41.3 Å². The Hall–Kier alpha value is -3.80. The molecule has 1 N–H and O–H groups in total. The maximum Gasteiger partial charge on any atom is 0.321 e. The fraction of sp³-hybridized carbons (Fsp3) is 0.355. The molecule has 0 atom stereocenters. The van der Waals surface area contributed by atoms with Gasteiger partial charge < -0.3 is 15.0 Å². The Morgan fingerprint density at radius 1 is 0.946 bits per heavy atom. The number of rotatable bonds is 7. The van der Waals surface area contributed by atoms with Crippen LogP contribution in [0.15, 0.2) is 72.8 Å². The highest BCUT2D eigenvalue weighted by Gasteiger charge is 2.29. The molecule has 6 rings (SSSR count). The first-order valence-electron chi connectivity index (χ1n) is 13.4. The molecular weight excluding hydrogens is 462 g/mol. The number of hydrogen-bond acceptors (Lipinski definition) is 3. The largest absolute Gasteiger partial charge is 0.490 e. The number of fused-ring (bicyclic) bond motifs is 1. The minimum absolute atomic E-state index is 0.0194. The Labute approximate surface area is 218 Å². The van der Waals surface area contributed by atoms with E-state index in [9.17, 15) is 9.59 Å². The SMILES string of the molecule is O=C1NCCN1c1cccc(C(=O)N(Cc2cccc(OC3Cc4ccccc4C3)c2)C2CCCC2)c1. The Kier molecular flexibility index (Phi) is 6.56. The van der Waals surface area contributed by atoms with Crippen LogP contribution in [0.4, 0.5) is 10.5 Å². The van der Waals surface area contributed by atoms with Crippen molar-refractivity contribution in [3.05, 3.63) is 95.1 Å². The third-order valence-corrected chi connectivity index (χ3v) is 7.86. The van der Waals surface area contributed by atoms with Gasteiger partial charge in [-0.1, -0.05) is 55.3 Å². The molecule has 190 valence electrons. The molecular formula is C31H33N3O3. The summed E-state index contributed by atoms with van der Waals surface area (Å²) in [5, 5.41) is 2.83. The summed E-state index contributed by atoms with van der Waals surface area (Å²) in [5.41, 5.74) is 5.20. The highest BCUT2D eigenvalue weighted by molar-refractivity contribution is 5.98. The van der Waals surface area contributed by atoms with E-state index < -0.39 is 0 Å². The standard InChI is InChI=1S/C31H33N3O3/c35-30(25-10-6-13-27(18-25)33-16-15-32-31(33)36)34(26-11-3-4-12-26)21-22-7-5-14-28(17-22)37-29-19-23-8-1-2-9-24(23)20-29/h1-2,5-10,13-14,17-18,26,29H,3-4,11-12,15-16,19-21H2,(H,32,36). The normalized spacial score (nSPS) is 17.6. The van der Waals surface area contributed by atoms with Gasteiger partial charge >= 0.3 is 6.03 Å². The summed E-state index contributed by atoms with van der Waals surface area (Å²) in [6, 6.07) is 24.3. The Bertz CT molecular complexity index is 1280. The number of nitrogens with one attached hydrogen (secondary N) is 1. The number of amides is 3. The summed E-state index contributed by atoms with van der Waals surface area (Å²) in [5.74, 6) is 0.877. The van der Waals surface area contributed by atoms with Gasteiger partial charge in [0.15, 0.2) is 0 Å². The molecule has 0 radical (unpaired) electrons. The molecule has 1 saturated carbocycles. The fourth-order valence-electron chi connectivity index (χ4n) is 5.98. The predicted octanol–water partition coefficient (Wildman–Crippen LogP) is 5.35. The molecule has 1 aliphatic heterocycles. The molecule has 0 spiro atoms. The predicted molar refractivity (Wildman–Crippen MR) is 144 cm³/mol. The molecule has 3 aromatic rings. The van der Waals surface area contributed by atoms with Crippen molar-refractivity contribution in [1.82, 2.24) is 10.2 Å². The number of carbonyl (C=O) groups excluding carboxylic acids is 2. The van der Waals surface area contributed by atoms with Crippen LogP contribution in [0.2, 0.25) is 0 Å². The van der Waals surface area contributed by atoms with Crippen LogP contribution in [0.3, 0.4) is 0 Å². The molecule has 1 heterocycles. The average molecular weight is 496 g/mol. The van der Waals surface area contributed by atoms with E-state index in [1.54, 1.807) is 4.90 Å². The maximum atomic E-state index is 13.8. The maximum absolute atomic E-state index is 13.8. The number of benzene rings is 3. The van der Waals surface area contributed by atoms with Crippen LogP contribution in [-0.2, 0) is 19.4 Å². The van der Waals surface area contributed by atoms with Crippen LogP contribution in [-0.4, -0.2) is 42.1 Å². The van der Waals surface area contributed by atoms with E-state index >= 15 is 0 Å². The molecule has 6 heteroatoms. The molecule has 37 heavy (non-hydrogen) atoms. The second-order valence-electron chi connectivity index (χ2n) is 10.4. The van der Waals surface area contributed by atoms with Crippen LogP contribution in [0.5, 0.6) is 5.75 Å². The first-order valence-corrected chi connectivity index (χ1v) is 13.4. The van der Waals surface area contributed by atoms with Gasteiger partial charge in [0.05, 0.1) is 0 Å².